The van der Waals surface area contributed by atoms with E-state index in [4.69, 9.17) is 11.6 Å². The van der Waals surface area contributed by atoms with Crippen LogP contribution in [0.15, 0.2) is 41.5 Å². The van der Waals surface area contributed by atoms with E-state index in [2.05, 4.69) is 10.3 Å². The number of nitrogens with one attached hydrogen (secondary N) is 1. The fourth-order valence-electron chi connectivity index (χ4n) is 2.02. The SMILES string of the molecule is O=c1c(Nc2cccc(CCl)c2)nccn1C1CC1. The average molecular weight is 276 g/mol. The Morgan fingerprint density at radius 1 is 1.42 bits per heavy atom. The number of alkyl halides is 1. The van der Waals surface area contributed by atoms with Crippen LogP contribution in [0.4, 0.5) is 11.5 Å². The molecule has 19 heavy (non-hydrogen) atoms. The minimum atomic E-state index is -0.0683. The molecule has 0 unspecified atom stereocenters. The van der Waals surface area contributed by atoms with Crippen LogP contribution in [-0.4, -0.2) is 9.55 Å². The van der Waals surface area contributed by atoms with Gasteiger partial charge in [-0.05, 0) is 30.5 Å². The number of benzene rings is 1. The molecule has 3 rings (SSSR count). The highest BCUT2D eigenvalue weighted by molar-refractivity contribution is 6.17. The van der Waals surface area contributed by atoms with Gasteiger partial charge >= 0.3 is 0 Å². The zero-order valence-corrected chi connectivity index (χ0v) is 11.1. The molecule has 0 radical (unpaired) electrons. The normalized spacial score (nSPS) is 14.4. The quantitative estimate of drug-likeness (QED) is 0.873. The molecule has 0 bridgehead atoms. The van der Waals surface area contributed by atoms with Crippen LogP contribution < -0.4 is 10.9 Å². The highest BCUT2D eigenvalue weighted by Gasteiger charge is 2.25. The van der Waals surface area contributed by atoms with Crippen molar-refractivity contribution in [2.45, 2.75) is 24.8 Å². The fraction of sp³-hybridized carbons (Fsp3) is 0.286. The topological polar surface area (TPSA) is 46.9 Å². The first kappa shape index (κ1) is 12.2. The summed E-state index contributed by atoms with van der Waals surface area (Å²) < 4.78 is 1.75. The van der Waals surface area contributed by atoms with Crippen molar-refractivity contribution >= 4 is 23.1 Å². The van der Waals surface area contributed by atoms with Gasteiger partial charge in [0.1, 0.15) is 0 Å². The van der Waals surface area contributed by atoms with Gasteiger partial charge in [-0.3, -0.25) is 4.79 Å². The highest BCUT2D eigenvalue weighted by atomic mass is 35.5. The molecule has 4 nitrogen and oxygen atoms in total. The summed E-state index contributed by atoms with van der Waals surface area (Å²) in [7, 11) is 0. The van der Waals surface area contributed by atoms with E-state index in [-0.39, 0.29) is 5.56 Å². The van der Waals surface area contributed by atoms with Crippen molar-refractivity contribution in [2.75, 3.05) is 5.32 Å². The summed E-state index contributed by atoms with van der Waals surface area (Å²) in [5.41, 5.74) is 1.77. The van der Waals surface area contributed by atoms with Gasteiger partial charge in [0, 0.05) is 30.0 Å². The molecule has 0 spiro atoms. The summed E-state index contributed by atoms with van der Waals surface area (Å²) in [5.74, 6) is 0.811. The molecule has 0 atom stereocenters. The summed E-state index contributed by atoms with van der Waals surface area (Å²) in [6, 6.07) is 8.01. The van der Waals surface area contributed by atoms with E-state index >= 15 is 0 Å². The van der Waals surface area contributed by atoms with E-state index in [1.807, 2.05) is 24.3 Å². The lowest BCUT2D eigenvalue weighted by Gasteiger charge is -2.08. The summed E-state index contributed by atoms with van der Waals surface area (Å²) in [6.45, 7) is 0. The summed E-state index contributed by atoms with van der Waals surface area (Å²) >= 11 is 5.80. The summed E-state index contributed by atoms with van der Waals surface area (Å²) in [5, 5.41) is 3.07. The molecule has 1 aliphatic carbocycles. The molecule has 0 aliphatic heterocycles. The molecule has 1 aliphatic rings. The molecular formula is C14H14ClN3O. The van der Waals surface area contributed by atoms with E-state index in [1.54, 1.807) is 17.0 Å². The second-order valence-corrected chi connectivity index (χ2v) is 4.95. The molecule has 98 valence electrons. The molecule has 1 aromatic heterocycles. The Balaban J connectivity index is 1.90. The third-order valence-corrected chi connectivity index (χ3v) is 3.46. The molecule has 1 heterocycles. The highest BCUT2D eigenvalue weighted by Crippen LogP contribution is 2.33. The van der Waals surface area contributed by atoms with Gasteiger partial charge in [0.2, 0.25) is 0 Å². The number of nitrogens with zero attached hydrogens (tertiary/aromatic N) is 2. The number of halogens is 1. The third-order valence-electron chi connectivity index (χ3n) is 3.15. The van der Waals surface area contributed by atoms with Crippen molar-refractivity contribution in [3.8, 4) is 0 Å². The molecule has 1 fully saturated rings. The van der Waals surface area contributed by atoms with Crippen molar-refractivity contribution in [3.63, 3.8) is 0 Å². The predicted molar refractivity (Wildman–Crippen MR) is 76.0 cm³/mol. The third kappa shape index (κ3) is 2.63. The predicted octanol–water partition coefficient (Wildman–Crippen LogP) is 3.06. The van der Waals surface area contributed by atoms with Crippen molar-refractivity contribution < 1.29 is 0 Å². The van der Waals surface area contributed by atoms with Crippen LogP contribution in [0.3, 0.4) is 0 Å². The van der Waals surface area contributed by atoms with Gasteiger partial charge in [-0.1, -0.05) is 12.1 Å². The van der Waals surface area contributed by atoms with Gasteiger partial charge in [-0.25, -0.2) is 4.98 Å². The van der Waals surface area contributed by atoms with Crippen LogP contribution in [0.2, 0.25) is 0 Å². The molecule has 0 amide bonds. The first-order chi connectivity index (χ1) is 9.28. The van der Waals surface area contributed by atoms with E-state index in [0.29, 0.717) is 17.7 Å². The largest absolute Gasteiger partial charge is 0.336 e. The standard InChI is InChI=1S/C14H14ClN3O/c15-9-10-2-1-3-11(8-10)17-13-14(19)18(7-6-16-13)12-4-5-12/h1-3,6-8,12H,4-5,9H2,(H,16,17). The first-order valence-corrected chi connectivity index (χ1v) is 6.80. The van der Waals surface area contributed by atoms with Gasteiger partial charge in [-0.15, -0.1) is 11.6 Å². The van der Waals surface area contributed by atoms with Crippen LogP contribution in [0, 0.1) is 0 Å². The second kappa shape index (κ2) is 5.05. The minimum Gasteiger partial charge on any atom is -0.336 e. The van der Waals surface area contributed by atoms with Gasteiger partial charge in [0.15, 0.2) is 5.82 Å². The first-order valence-electron chi connectivity index (χ1n) is 6.27. The van der Waals surface area contributed by atoms with Crippen LogP contribution in [0.1, 0.15) is 24.4 Å². The Morgan fingerprint density at radius 3 is 3.00 bits per heavy atom. The maximum atomic E-state index is 12.2. The van der Waals surface area contributed by atoms with Crippen LogP contribution in [0.25, 0.3) is 0 Å². The molecule has 1 aromatic carbocycles. The van der Waals surface area contributed by atoms with Crippen LogP contribution in [0.5, 0.6) is 0 Å². The second-order valence-electron chi connectivity index (χ2n) is 4.68. The Morgan fingerprint density at radius 2 is 2.26 bits per heavy atom. The lowest BCUT2D eigenvalue weighted by atomic mass is 10.2. The number of anilines is 2. The smallest absolute Gasteiger partial charge is 0.293 e. The average Bonchev–Trinajstić information content (AvgIpc) is 3.26. The Labute approximate surface area is 116 Å². The molecular weight excluding hydrogens is 262 g/mol. The zero-order valence-electron chi connectivity index (χ0n) is 10.3. The van der Waals surface area contributed by atoms with Gasteiger partial charge < -0.3 is 9.88 Å². The summed E-state index contributed by atoms with van der Waals surface area (Å²) in [4.78, 5) is 16.3. The number of aromatic nitrogens is 2. The van der Waals surface area contributed by atoms with Gasteiger partial charge in [0.25, 0.3) is 5.56 Å². The fourth-order valence-corrected chi connectivity index (χ4v) is 2.19. The van der Waals surface area contributed by atoms with Crippen molar-refractivity contribution in [1.82, 2.24) is 9.55 Å². The maximum absolute atomic E-state index is 12.2. The Kier molecular flexibility index (Phi) is 3.25. The maximum Gasteiger partial charge on any atom is 0.293 e. The number of hydrogen-bond acceptors (Lipinski definition) is 3. The van der Waals surface area contributed by atoms with E-state index in [0.717, 1.165) is 24.1 Å². The van der Waals surface area contributed by atoms with Crippen molar-refractivity contribution in [3.05, 3.63) is 52.6 Å². The summed E-state index contributed by atoms with van der Waals surface area (Å²) in [6.07, 6.45) is 5.56. The molecule has 5 heteroatoms. The monoisotopic (exact) mass is 275 g/mol. The van der Waals surface area contributed by atoms with Crippen molar-refractivity contribution in [2.24, 2.45) is 0 Å². The van der Waals surface area contributed by atoms with E-state index in [9.17, 15) is 4.79 Å². The van der Waals surface area contributed by atoms with Gasteiger partial charge in [-0.2, -0.15) is 0 Å². The molecule has 2 aromatic rings. The lowest BCUT2D eigenvalue weighted by Crippen LogP contribution is -2.22. The molecule has 1 N–H and O–H groups in total. The molecule has 0 saturated heterocycles. The Hall–Kier alpha value is -1.81. The number of hydrogen-bond donors (Lipinski definition) is 1. The number of rotatable bonds is 4. The molecule has 1 saturated carbocycles. The minimum absolute atomic E-state index is 0.0683. The lowest BCUT2D eigenvalue weighted by molar-refractivity contribution is 0.701. The van der Waals surface area contributed by atoms with Crippen molar-refractivity contribution in [1.29, 1.82) is 0 Å². The van der Waals surface area contributed by atoms with E-state index < -0.39 is 0 Å². The zero-order chi connectivity index (χ0) is 13.2. The van der Waals surface area contributed by atoms with Crippen LogP contribution >= 0.6 is 11.6 Å². The Bertz CT molecular complexity index is 649. The van der Waals surface area contributed by atoms with Gasteiger partial charge in [0.05, 0.1) is 0 Å². The van der Waals surface area contributed by atoms with E-state index in [1.165, 1.54) is 0 Å². The van der Waals surface area contributed by atoms with Crippen LogP contribution in [-0.2, 0) is 5.88 Å².